The molecule has 0 spiro atoms. The van der Waals surface area contributed by atoms with Crippen molar-refractivity contribution < 1.29 is 0 Å². The minimum atomic E-state index is 0. The second-order valence-corrected chi connectivity index (χ2v) is 5.92. The second-order valence-electron chi connectivity index (χ2n) is 5.39. The quantitative estimate of drug-likeness (QED) is 0.226. The van der Waals surface area contributed by atoms with Crippen molar-refractivity contribution in [3.05, 3.63) is 0 Å². The van der Waals surface area contributed by atoms with Crippen LogP contribution in [0.4, 0.5) is 0 Å². The fourth-order valence-corrected chi connectivity index (χ4v) is 2.55. The fraction of sp³-hybridized carbons (Fsp3) is 1.00. The largest absolute Gasteiger partial charge is 0.301 e. The van der Waals surface area contributed by atoms with Crippen LogP contribution in [-0.2, 0) is 0 Å². The highest BCUT2D eigenvalue weighted by Crippen LogP contribution is 2.10. The molecular weight excluding hydrogens is 277 g/mol. The molecule has 1 atom stereocenters. The lowest BCUT2D eigenvalue weighted by atomic mass is 10.1. The van der Waals surface area contributed by atoms with Crippen LogP contribution < -0.4 is 5.32 Å². The number of rotatable bonds is 14. The van der Waals surface area contributed by atoms with Gasteiger partial charge in [0.15, 0.2) is 0 Å². The van der Waals surface area contributed by atoms with Crippen LogP contribution in [-0.4, -0.2) is 12.0 Å². The van der Waals surface area contributed by atoms with E-state index in [-0.39, 0.29) is 17.9 Å². The zero-order valence-corrected chi connectivity index (χ0v) is 14.6. The van der Waals surface area contributed by atoms with Crippen LogP contribution >= 0.6 is 24.0 Å². The van der Waals surface area contributed by atoms with Crippen LogP contribution in [0, 0.1) is 0 Å². The van der Waals surface area contributed by atoms with Crippen LogP contribution in [0.5, 0.6) is 0 Å². The summed E-state index contributed by atoms with van der Waals surface area (Å²) in [6.45, 7) is 5.54. The van der Waals surface area contributed by atoms with Crippen molar-refractivity contribution in [2.45, 2.75) is 96.4 Å². The van der Waals surface area contributed by atoms with E-state index in [0.29, 0.717) is 0 Å². The molecule has 0 amide bonds. The van der Waals surface area contributed by atoms with Gasteiger partial charge in [0.25, 0.3) is 0 Å². The maximum absolute atomic E-state index is 6.09. The van der Waals surface area contributed by atoms with Crippen molar-refractivity contribution in [1.82, 2.24) is 5.32 Å². The van der Waals surface area contributed by atoms with Gasteiger partial charge >= 0.3 is 0 Å². The maximum atomic E-state index is 6.09. The smallest absolute Gasteiger partial charge is 0.0825 e. The molecule has 0 heterocycles. The van der Waals surface area contributed by atoms with E-state index < -0.39 is 0 Å². The Hall–Kier alpha value is 0.540. The summed E-state index contributed by atoms with van der Waals surface area (Å²) in [5, 5.41) is 3.37. The van der Waals surface area contributed by atoms with Crippen molar-refractivity contribution in [2.24, 2.45) is 0 Å². The molecule has 0 aromatic carbocycles. The number of hydrogen-bond acceptors (Lipinski definition) is 1. The predicted octanol–water partition coefficient (Wildman–Crippen LogP) is 6.28. The monoisotopic (exact) mass is 311 g/mol. The Morgan fingerprint density at radius 2 is 1.21 bits per heavy atom. The molecular formula is C16H35Cl2N. The highest BCUT2D eigenvalue weighted by atomic mass is 35.5. The summed E-state index contributed by atoms with van der Waals surface area (Å²) in [7, 11) is 0. The minimum absolute atomic E-state index is 0. The molecule has 3 heteroatoms. The molecule has 0 rings (SSSR count). The molecule has 19 heavy (non-hydrogen) atoms. The molecule has 0 saturated heterocycles. The van der Waals surface area contributed by atoms with Crippen LogP contribution in [0.1, 0.15) is 90.9 Å². The van der Waals surface area contributed by atoms with Gasteiger partial charge in [0.2, 0.25) is 0 Å². The van der Waals surface area contributed by atoms with Gasteiger partial charge in [0.1, 0.15) is 0 Å². The highest BCUT2D eigenvalue weighted by molar-refractivity contribution is 6.20. The van der Waals surface area contributed by atoms with Gasteiger partial charge in [0.05, 0.1) is 5.50 Å². The van der Waals surface area contributed by atoms with Gasteiger partial charge < -0.3 is 5.32 Å². The molecule has 0 fully saturated rings. The van der Waals surface area contributed by atoms with Crippen LogP contribution in [0.25, 0.3) is 0 Å². The summed E-state index contributed by atoms with van der Waals surface area (Å²) in [6.07, 6.45) is 16.2. The number of unbranched alkanes of at least 4 members (excludes halogenated alkanes) is 9. The van der Waals surface area contributed by atoms with Gasteiger partial charge in [-0.15, -0.1) is 24.0 Å². The van der Waals surface area contributed by atoms with E-state index in [1.807, 2.05) is 0 Å². The van der Waals surface area contributed by atoms with E-state index in [1.165, 1.54) is 70.6 Å². The third-order valence-electron chi connectivity index (χ3n) is 3.44. The number of nitrogens with one attached hydrogen (secondary N) is 1. The predicted molar refractivity (Wildman–Crippen MR) is 91.6 cm³/mol. The van der Waals surface area contributed by atoms with Crippen molar-refractivity contribution in [3.63, 3.8) is 0 Å². The van der Waals surface area contributed by atoms with Crippen molar-refractivity contribution in [3.8, 4) is 0 Å². The Morgan fingerprint density at radius 1 is 0.737 bits per heavy atom. The molecule has 0 saturated carbocycles. The number of halogens is 2. The van der Waals surface area contributed by atoms with E-state index in [4.69, 9.17) is 11.6 Å². The number of alkyl halides is 1. The first-order valence-electron chi connectivity index (χ1n) is 8.18. The Labute approximate surface area is 132 Å². The molecule has 0 aliphatic carbocycles. The molecule has 0 aromatic rings. The Kier molecular flexibility index (Phi) is 21.3. The molecule has 118 valence electrons. The average Bonchev–Trinajstić information content (AvgIpc) is 2.36. The van der Waals surface area contributed by atoms with E-state index in [0.717, 1.165) is 13.0 Å². The van der Waals surface area contributed by atoms with Crippen LogP contribution in [0.3, 0.4) is 0 Å². The van der Waals surface area contributed by atoms with Crippen LogP contribution in [0.2, 0.25) is 0 Å². The van der Waals surface area contributed by atoms with E-state index in [1.54, 1.807) is 0 Å². The Bertz CT molecular complexity index is 154. The normalized spacial score (nSPS) is 12.2. The van der Waals surface area contributed by atoms with Crippen molar-refractivity contribution in [2.75, 3.05) is 6.54 Å². The molecule has 0 aliphatic rings. The highest BCUT2D eigenvalue weighted by Gasteiger charge is 2.00. The summed E-state index contributed by atoms with van der Waals surface area (Å²) in [5.74, 6) is 0. The minimum Gasteiger partial charge on any atom is -0.301 e. The lowest BCUT2D eigenvalue weighted by molar-refractivity contribution is 0.528. The Morgan fingerprint density at radius 3 is 1.68 bits per heavy atom. The van der Waals surface area contributed by atoms with Gasteiger partial charge in [-0.1, -0.05) is 78.1 Å². The summed E-state index contributed by atoms with van der Waals surface area (Å²) < 4.78 is 0. The Balaban J connectivity index is 0. The third kappa shape index (κ3) is 18.5. The number of hydrogen-bond donors (Lipinski definition) is 1. The third-order valence-corrected chi connectivity index (χ3v) is 3.81. The molecule has 0 radical (unpaired) electrons. The van der Waals surface area contributed by atoms with E-state index in [9.17, 15) is 0 Å². The van der Waals surface area contributed by atoms with Gasteiger partial charge in [-0.05, 0) is 19.4 Å². The first kappa shape index (κ1) is 21.8. The summed E-state index contributed by atoms with van der Waals surface area (Å²) in [5.41, 5.74) is 0.188. The van der Waals surface area contributed by atoms with Gasteiger partial charge in [-0.3, -0.25) is 0 Å². The average molecular weight is 312 g/mol. The van der Waals surface area contributed by atoms with Crippen molar-refractivity contribution >= 4 is 24.0 Å². The fourth-order valence-electron chi connectivity index (χ4n) is 2.23. The standard InChI is InChI=1S/C16H34ClN.ClH/c1-3-5-6-7-8-9-10-11-12-13-15-18-16(17)14-4-2;/h16,18H,3-15H2,1-2H3;1H. The van der Waals surface area contributed by atoms with Gasteiger partial charge in [0, 0.05) is 0 Å². The topological polar surface area (TPSA) is 12.0 Å². The molecule has 1 N–H and O–H groups in total. The summed E-state index contributed by atoms with van der Waals surface area (Å²) in [4.78, 5) is 0. The first-order chi connectivity index (χ1) is 8.81. The second kappa shape index (κ2) is 18.5. The summed E-state index contributed by atoms with van der Waals surface area (Å²) >= 11 is 6.09. The molecule has 1 nitrogen and oxygen atoms in total. The molecule has 0 aliphatic heterocycles. The van der Waals surface area contributed by atoms with Gasteiger partial charge in [-0.25, -0.2) is 0 Å². The SMILES string of the molecule is CCCCCCCCCCCCNC(Cl)CCC.Cl. The van der Waals surface area contributed by atoms with E-state index in [2.05, 4.69) is 19.2 Å². The lowest BCUT2D eigenvalue weighted by Crippen LogP contribution is -2.24. The van der Waals surface area contributed by atoms with Crippen molar-refractivity contribution in [1.29, 1.82) is 0 Å². The summed E-state index contributed by atoms with van der Waals surface area (Å²) in [6, 6.07) is 0. The zero-order valence-electron chi connectivity index (χ0n) is 13.1. The lowest BCUT2D eigenvalue weighted by Gasteiger charge is -2.10. The molecule has 0 aromatic heterocycles. The maximum Gasteiger partial charge on any atom is 0.0825 e. The van der Waals surface area contributed by atoms with E-state index >= 15 is 0 Å². The van der Waals surface area contributed by atoms with Crippen LogP contribution in [0.15, 0.2) is 0 Å². The first-order valence-corrected chi connectivity index (χ1v) is 8.62. The molecule has 0 bridgehead atoms. The zero-order chi connectivity index (χ0) is 13.5. The molecule has 1 unspecified atom stereocenters. The van der Waals surface area contributed by atoms with Gasteiger partial charge in [-0.2, -0.15) is 0 Å².